The van der Waals surface area contributed by atoms with E-state index >= 15 is 0 Å². The number of carbonyl (C=O) groups excluding carboxylic acids is 1. The zero-order valence-electron chi connectivity index (χ0n) is 9.74. The van der Waals surface area contributed by atoms with Crippen LogP contribution in [0.1, 0.15) is 27.2 Å². The second kappa shape index (κ2) is 4.43. The van der Waals surface area contributed by atoms with Gasteiger partial charge in [0.05, 0.1) is 5.69 Å². The van der Waals surface area contributed by atoms with Crippen molar-refractivity contribution in [2.45, 2.75) is 27.2 Å². The number of phenols is 2. The summed E-state index contributed by atoms with van der Waals surface area (Å²) < 4.78 is 0. The minimum Gasteiger partial charge on any atom is -0.508 e. The molecule has 4 heteroatoms. The van der Waals surface area contributed by atoms with Gasteiger partial charge in [0.1, 0.15) is 11.5 Å². The molecule has 1 aromatic carbocycles. The SMILES string of the molecule is CC(C)(C)CC(=O)Nc1ccc(O)cc1O. The highest BCUT2D eigenvalue weighted by Gasteiger charge is 2.16. The largest absolute Gasteiger partial charge is 0.508 e. The summed E-state index contributed by atoms with van der Waals surface area (Å²) in [6.07, 6.45) is 0.368. The van der Waals surface area contributed by atoms with Crippen molar-refractivity contribution >= 4 is 11.6 Å². The van der Waals surface area contributed by atoms with Crippen LogP contribution in [0.15, 0.2) is 18.2 Å². The van der Waals surface area contributed by atoms with Crippen LogP contribution in [0, 0.1) is 5.41 Å². The quantitative estimate of drug-likeness (QED) is 0.533. The van der Waals surface area contributed by atoms with Crippen LogP contribution in [0.3, 0.4) is 0 Å². The molecule has 0 spiro atoms. The molecule has 4 nitrogen and oxygen atoms in total. The maximum atomic E-state index is 11.6. The minimum atomic E-state index is -0.159. The Kier molecular flexibility index (Phi) is 3.42. The van der Waals surface area contributed by atoms with E-state index in [4.69, 9.17) is 5.11 Å². The fourth-order valence-electron chi connectivity index (χ4n) is 1.30. The third-order valence-corrected chi connectivity index (χ3v) is 1.95. The van der Waals surface area contributed by atoms with Crippen molar-refractivity contribution in [1.29, 1.82) is 0 Å². The average molecular weight is 223 g/mol. The van der Waals surface area contributed by atoms with Gasteiger partial charge in [-0.2, -0.15) is 0 Å². The Bertz CT molecular complexity index is 394. The molecule has 1 rings (SSSR count). The van der Waals surface area contributed by atoms with E-state index in [0.717, 1.165) is 0 Å². The van der Waals surface area contributed by atoms with Gasteiger partial charge >= 0.3 is 0 Å². The number of rotatable bonds is 2. The Morgan fingerprint density at radius 1 is 1.31 bits per heavy atom. The van der Waals surface area contributed by atoms with Crippen molar-refractivity contribution in [3.63, 3.8) is 0 Å². The first-order valence-electron chi connectivity index (χ1n) is 5.10. The van der Waals surface area contributed by atoms with E-state index in [1.54, 1.807) is 0 Å². The Hall–Kier alpha value is -1.71. The summed E-state index contributed by atoms with van der Waals surface area (Å²) in [7, 11) is 0. The lowest BCUT2D eigenvalue weighted by Gasteiger charge is -2.17. The average Bonchev–Trinajstić information content (AvgIpc) is 2.06. The van der Waals surface area contributed by atoms with E-state index in [9.17, 15) is 9.90 Å². The van der Waals surface area contributed by atoms with Gasteiger partial charge in [-0.05, 0) is 17.5 Å². The summed E-state index contributed by atoms with van der Waals surface area (Å²) in [6.45, 7) is 5.88. The number of phenolic OH excluding ortho intramolecular Hbond substituents is 2. The molecule has 0 fully saturated rings. The highest BCUT2D eigenvalue weighted by atomic mass is 16.3. The van der Waals surface area contributed by atoms with Gasteiger partial charge in [0, 0.05) is 12.5 Å². The second-order valence-electron chi connectivity index (χ2n) is 4.99. The van der Waals surface area contributed by atoms with Crippen molar-refractivity contribution in [2.75, 3.05) is 5.32 Å². The Labute approximate surface area is 94.9 Å². The van der Waals surface area contributed by atoms with Gasteiger partial charge in [-0.3, -0.25) is 4.79 Å². The molecule has 16 heavy (non-hydrogen) atoms. The van der Waals surface area contributed by atoms with Gasteiger partial charge in [-0.25, -0.2) is 0 Å². The Morgan fingerprint density at radius 2 is 1.94 bits per heavy atom. The van der Waals surface area contributed by atoms with Gasteiger partial charge < -0.3 is 15.5 Å². The van der Waals surface area contributed by atoms with Crippen molar-refractivity contribution < 1.29 is 15.0 Å². The lowest BCUT2D eigenvalue weighted by atomic mass is 9.92. The molecule has 0 aliphatic carbocycles. The Morgan fingerprint density at radius 3 is 2.44 bits per heavy atom. The summed E-state index contributed by atoms with van der Waals surface area (Å²) in [4.78, 5) is 11.6. The number of carbonyl (C=O) groups is 1. The van der Waals surface area contributed by atoms with Gasteiger partial charge in [0.15, 0.2) is 0 Å². The molecule has 0 aliphatic heterocycles. The van der Waals surface area contributed by atoms with Crippen molar-refractivity contribution in [2.24, 2.45) is 5.41 Å². The molecule has 0 heterocycles. The van der Waals surface area contributed by atoms with Crippen molar-refractivity contribution in [3.05, 3.63) is 18.2 Å². The van der Waals surface area contributed by atoms with E-state index in [1.807, 2.05) is 20.8 Å². The molecule has 0 atom stereocenters. The molecule has 0 aromatic heterocycles. The van der Waals surface area contributed by atoms with Crippen LogP contribution in [0.25, 0.3) is 0 Å². The molecule has 1 amide bonds. The summed E-state index contributed by atoms with van der Waals surface area (Å²) in [5.74, 6) is -0.331. The predicted octanol–water partition coefficient (Wildman–Crippen LogP) is 2.47. The fraction of sp³-hybridized carbons (Fsp3) is 0.417. The number of hydrogen-bond acceptors (Lipinski definition) is 3. The number of amides is 1. The maximum Gasteiger partial charge on any atom is 0.224 e. The molecule has 0 saturated carbocycles. The lowest BCUT2D eigenvalue weighted by Crippen LogP contribution is -2.19. The van der Waals surface area contributed by atoms with E-state index in [0.29, 0.717) is 12.1 Å². The van der Waals surface area contributed by atoms with Crippen LogP contribution in [0.5, 0.6) is 11.5 Å². The fourth-order valence-corrected chi connectivity index (χ4v) is 1.30. The molecule has 3 N–H and O–H groups in total. The molecular weight excluding hydrogens is 206 g/mol. The van der Waals surface area contributed by atoms with Gasteiger partial charge in [0.2, 0.25) is 5.91 Å². The molecule has 1 aromatic rings. The first kappa shape index (κ1) is 12.4. The van der Waals surface area contributed by atoms with Crippen LogP contribution in [0.2, 0.25) is 0 Å². The predicted molar refractivity (Wildman–Crippen MR) is 62.5 cm³/mol. The smallest absolute Gasteiger partial charge is 0.224 e. The van der Waals surface area contributed by atoms with E-state index in [-0.39, 0.29) is 22.8 Å². The molecule has 88 valence electrons. The highest BCUT2D eigenvalue weighted by Crippen LogP contribution is 2.28. The zero-order chi connectivity index (χ0) is 12.3. The molecule has 0 bridgehead atoms. The summed E-state index contributed by atoms with van der Waals surface area (Å²) in [5.41, 5.74) is 0.212. The van der Waals surface area contributed by atoms with Crippen LogP contribution < -0.4 is 5.32 Å². The molecule has 0 unspecified atom stereocenters. The minimum absolute atomic E-state index is 0.0358. The molecule has 0 radical (unpaired) electrons. The highest BCUT2D eigenvalue weighted by molar-refractivity contribution is 5.92. The third-order valence-electron chi connectivity index (χ3n) is 1.95. The van der Waals surface area contributed by atoms with Gasteiger partial charge in [0.25, 0.3) is 0 Å². The molecule has 0 aliphatic rings. The number of nitrogens with one attached hydrogen (secondary N) is 1. The van der Waals surface area contributed by atoms with Gasteiger partial charge in [-0.15, -0.1) is 0 Å². The van der Waals surface area contributed by atoms with Gasteiger partial charge in [-0.1, -0.05) is 20.8 Å². The van der Waals surface area contributed by atoms with Crippen molar-refractivity contribution in [1.82, 2.24) is 0 Å². The summed E-state index contributed by atoms with van der Waals surface area (Å²) in [6, 6.07) is 4.06. The number of benzene rings is 1. The first-order valence-corrected chi connectivity index (χ1v) is 5.10. The number of anilines is 1. The van der Waals surface area contributed by atoms with E-state index < -0.39 is 0 Å². The monoisotopic (exact) mass is 223 g/mol. The van der Waals surface area contributed by atoms with Crippen LogP contribution in [-0.4, -0.2) is 16.1 Å². The van der Waals surface area contributed by atoms with Crippen LogP contribution in [0.4, 0.5) is 5.69 Å². The van der Waals surface area contributed by atoms with Crippen LogP contribution >= 0.6 is 0 Å². The Balaban J connectivity index is 2.70. The normalized spacial score (nSPS) is 11.2. The zero-order valence-corrected chi connectivity index (χ0v) is 9.74. The standard InChI is InChI=1S/C12H17NO3/c1-12(2,3)7-11(16)13-9-5-4-8(14)6-10(9)15/h4-6,14-15H,7H2,1-3H3,(H,13,16). The number of aromatic hydroxyl groups is 2. The summed E-state index contributed by atoms with van der Waals surface area (Å²) in [5, 5.41) is 21.1. The van der Waals surface area contributed by atoms with Crippen molar-refractivity contribution in [3.8, 4) is 11.5 Å². The molecular formula is C12H17NO3. The molecule has 0 saturated heterocycles. The number of hydrogen-bond donors (Lipinski definition) is 3. The second-order valence-corrected chi connectivity index (χ2v) is 4.99. The maximum absolute atomic E-state index is 11.6. The lowest BCUT2D eigenvalue weighted by molar-refractivity contribution is -0.117. The van der Waals surface area contributed by atoms with Crippen LogP contribution in [-0.2, 0) is 4.79 Å². The van der Waals surface area contributed by atoms with E-state index in [1.165, 1.54) is 18.2 Å². The summed E-state index contributed by atoms with van der Waals surface area (Å²) >= 11 is 0. The third kappa shape index (κ3) is 3.81. The van der Waals surface area contributed by atoms with E-state index in [2.05, 4.69) is 5.32 Å². The topological polar surface area (TPSA) is 69.6 Å². The first-order chi connectivity index (χ1) is 7.28.